The highest BCUT2D eigenvalue weighted by Gasteiger charge is 2.04. The highest BCUT2D eigenvalue weighted by molar-refractivity contribution is 5.71. The Hall–Kier alpha value is -2.16. The fourth-order valence-corrected chi connectivity index (χ4v) is 1.41. The van der Waals surface area contributed by atoms with E-state index in [1.807, 2.05) is 0 Å². The standard InChI is InChI=1S/C12H10O3/c13-9-3-1-8(2-4-9)11-6-5-10(14)7-12(11)15/h1-7,13-15H. The van der Waals surface area contributed by atoms with Gasteiger partial charge in [-0.05, 0) is 29.8 Å². The van der Waals surface area contributed by atoms with Crippen molar-refractivity contribution in [3.05, 3.63) is 42.5 Å². The smallest absolute Gasteiger partial charge is 0.127 e. The molecule has 3 N–H and O–H groups in total. The van der Waals surface area contributed by atoms with Crippen molar-refractivity contribution in [2.24, 2.45) is 0 Å². The Kier molecular flexibility index (Phi) is 2.21. The van der Waals surface area contributed by atoms with Crippen molar-refractivity contribution in [2.75, 3.05) is 0 Å². The van der Waals surface area contributed by atoms with Gasteiger partial charge in [0.15, 0.2) is 0 Å². The van der Waals surface area contributed by atoms with Gasteiger partial charge in [-0.2, -0.15) is 0 Å². The topological polar surface area (TPSA) is 60.7 Å². The number of rotatable bonds is 1. The van der Waals surface area contributed by atoms with E-state index < -0.39 is 0 Å². The molecule has 0 amide bonds. The van der Waals surface area contributed by atoms with E-state index in [0.29, 0.717) is 5.56 Å². The third-order valence-electron chi connectivity index (χ3n) is 2.16. The Bertz CT molecular complexity index is 475. The molecule has 0 fully saturated rings. The second kappa shape index (κ2) is 3.53. The van der Waals surface area contributed by atoms with Crippen molar-refractivity contribution in [1.29, 1.82) is 0 Å². The van der Waals surface area contributed by atoms with Gasteiger partial charge in [0, 0.05) is 11.6 Å². The lowest BCUT2D eigenvalue weighted by Gasteiger charge is -2.05. The minimum absolute atomic E-state index is 0.0145. The predicted molar refractivity (Wildman–Crippen MR) is 56.9 cm³/mol. The molecule has 76 valence electrons. The lowest BCUT2D eigenvalue weighted by molar-refractivity contribution is 0.451. The van der Waals surface area contributed by atoms with Crippen molar-refractivity contribution in [2.45, 2.75) is 0 Å². The third kappa shape index (κ3) is 1.86. The second-order valence-corrected chi connectivity index (χ2v) is 3.25. The van der Waals surface area contributed by atoms with Gasteiger partial charge < -0.3 is 15.3 Å². The van der Waals surface area contributed by atoms with Gasteiger partial charge in [0.2, 0.25) is 0 Å². The van der Waals surface area contributed by atoms with Gasteiger partial charge in [0.25, 0.3) is 0 Å². The van der Waals surface area contributed by atoms with E-state index >= 15 is 0 Å². The fraction of sp³-hybridized carbons (Fsp3) is 0. The van der Waals surface area contributed by atoms with Crippen LogP contribution in [0.3, 0.4) is 0 Å². The van der Waals surface area contributed by atoms with Crippen molar-refractivity contribution < 1.29 is 15.3 Å². The maximum Gasteiger partial charge on any atom is 0.127 e. The van der Waals surface area contributed by atoms with E-state index in [4.69, 9.17) is 10.2 Å². The largest absolute Gasteiger partial charge is 0.508 e. The molecule has 2 rings (SSSR count). The molecule has 0 saturated heterocycles. The number of aromatic hydroxyl groups is 3. The SMILES string of the molecule is Oc1ccc(-c2ccc(O)cc2O)cc1. The minimum atomic E-state index is 0.0145. The van der Waals surface area contributed by atoms with E-state index in [9.17, 15) is 5.11 Å². The van der Waals surface area contributed by atoms with Crippen LogP contribution in [0.25, 0.3) is 11.1 Å². The van der Waals surface area contributed by atoms with Crippen LogP contribution in [0.15, 0.2) is 42.5 Å². The summed E-state index contributed by atoms with van der Waals surface area (Å²) < 4.78 is 0. The summed E-state index contributed by atoms with van der Waals surface area (Å²) in [4.78, 5) is 0. The van der Waals surface area contributed by atoms with Crippen molar-refractivity contribution >= 4 is 0 Å². The monoisotopic (exact) mass is 202 g/mol. The van der Waals surface area contributed by atoms with Crippen LogP contribution in [-0.4, -0.2) is 15.3 Å². The minimum Gasteiger partial charge on any atom is -0.508 e. The zero-order valence-electron chi connectivity index (χ0n) is 7.88. The maximum atomic E-state index is 9.59. The fourth-order valence-electron chi connectivity index (χ4n) is 1.41. The predicted octanol–water partition coefficient (Wildman–Crippen LogP) is 2.47. The average molecular weight is 202 g/mol. The average Bonchev–Trinajstić information content (AvgIpc) is 2.20. The molecule has 0 unspecified atom stereocenters. The van der Waals surface area contributed by atoms with Crippen LogP contribution in [0.2, 0.25) is 0 Å². The molecule has 0 atom stereocenters. The van der Waals surface area contributed by atoms with Crippen LogP contribution < -0.4 is 0 Å². The number of phenols is 3. The summed E-state index contributed by atoms with van der Waals surface area (Å²) in [6.07, 6.45) is 0. The van der Waals surface area contributed by atoms with Gasteiger partial charge in [-0.15, -0.1) is 0 Å². The Morgan fingerprint density at radius 1 is 0.667 bits per heavy atom. The van der Waals surface area contributed by atoms with E-state index in [1.54, 1.807) is 30.3 Å². The first-order valence-electron chi connectivity index (χ1n) is 4.48. The molecular weight excluding hydrogens is 192 g/mol. The van der Waals surface area contributed by atoms with Crippen LogP contribution in [0.4, 0.5) is 0 Å². The number of phenolic OH excluding ortho intramolecular Hbond substituents is 3. The molecule has 3 nitrogen and oxygen atoms in total. The van der Waals surface area contributed by atoms with E-state index in [0.717, 1.165) is 5.56 Å². The Balaban J connectivity index is 2.49. The Morgan fingerprint density at radius 2 is 1.27 bits per heavy atom. The lowest BCUT2D eigenvalue weighted by Crippen LogP contribution is -1.78. The first-order chi connectivity index (χ1) is 7.16. The van der Waals surface area contributed by atoms with Crippen molar-refractivity contribution in [1.82, 2.24) is 0 Å². The zero-order chi connectivity index (χ0) is 10.8. The van der Waals surface area contributed by atoms with Gasteiger partial charge in [0.05, 0.1) is 0 Å². The molecule has 0 aliphatic rings. The Labute approximate surface area is 86.9 Å². The Morgan fingerprint density at radius 3 is 1.87 bits per heavy atom. The lowest BCUT2D eigenvalue weighted by atomic mass is 10.0. The number of benzene rings is 2. The van der Waals surface area contributed by atoms with Crippen LogP contribution in [-0.2, 0) is 0 Å². The zero-order valence-corrected chi connectivity index (χ0v) is 7.88. The van der Waals surface area contributed by atoms with Gasteiger partial charge in [-0.25, -0.2) is 0 Å². The van der Waals surface area contributed by atoms with Gasteiger partial charge in [-0.3, -0.25) is 0 Å². The summed E-state index contributed by atoms with van der Waals surface area (Å²) in [5, 5.41) is 27.8. The summed E-state index contributed by atoms with van der Waals surface area (Å²) in [7, 11) is 0. The first kappa shape index (κ1) is 9.40. The normalized spacial score (nSPS) is 10.1. The number of hydrogen-bond acceptors (Lipinski definition) is 3. The van der Waals surface area contributed by atoms with Crippen molar-refractivity contribution in [3.63, 3.8) is 0 Å². The summed E-state index contributed by atoms with van der Waals surface area (Å²) in [6.45, 7) is 0. The molecule has 2 aromatic carbocycles. The first-order valence-corrected chi connectivity index (χ1v) is 4.48. The van der Waals surface area contributed by atoms with Crippen molar-refractivity contribution in [3.8, 4) is 28.4 Å². The molecule has 0 aliphatic heterocycles. The molecule has 0 radical (unpaired) electrons. The second-order valence-electron chi connectivity index (χ2n) is 3.25. The molecule has 0 aromatic heterocycles. The molecular formula is C12H10O3. The van der Waals surface area contributed by atoms with E-state index in [-0.39, 0.29) is 17.2 Å². The molecule has 0 bridgehead atoms. The molecule has 0 aliphatic carbocycles. The highest BCUT2D eigenvalue weighted by atomic mass is 16.3. The molecule has 0 heterocycles. The summed E-state index contributed by atoms with van der Waals surface area (Å²) in [6, 6.07) is 10.9. The van der Waals surface area contributed by atoms with Gasteiger partial charge >= 0.3 is 0 Å². The molecule has 3 heteroatoms. The van der Waals surface area contributed by atoms with Crippen LogP contribution in [0.1, 0.15) is 0 Å². The van der Waals surface area contributed by atoms with E-state index in [1.165, 1.54) is 12.1 Å². The quantitative estimate of drug-likeness (QED) is 0.665. The van der Waals surface area contributed by atoms with Crippen LogP contribution in [0, 0.1) is 0 Å². The summed E-state index contributed by atoms with van der Waals surface area (Å²) >= 11 is 0. The number of hydrogen-bond donors (Lipinski definition) is 3. The molecule has 15 heavy (non-hydrogen) atoms. The van der Waals surface area contributed by atoms with E-state index in [2.05, 4.69) is 0 Å². The van der Waals surface area contributed by atoms with Crippen LogP contribution in [0.5, 0.6) is 17.2 Å². The maximum absolute atomic E-state index is 9.59. The molecule has 2 aromatic rings. The molecule has 0 spiro atoms. The van der Waals surface area contributed by atoms with Gasteiger partial charge in [0.1, 0.15) is 17.2 Å². The van der Waals surface area contributed by atoms with Gasteiger partial charge in [-0.1, -0.05) is 12.1 Å². The highest BCUT2D eigenvalue weighted by Crippen LogP contribution is 2.32. The molecule has 0 saturated carbocycles. The summed E-state index contributed by atoms with van der Waals surface area (Å²) in [5.74, 6) is 0.215. The van der Waals surface area contributed by atoms with Crippen LogP contribution >= 0.6 is 0 Å². The summed E-state index contributed by atoms with van der Waals surface area (Å²) in [5.41, 5.74) is 1.40. The third-order valence-corrected chi connectivity index (χ3v) is 2.16.